The van der Waals surface area contributed by atoms with Crippen molar-refractivity contribution in [2.75, 3.05) is 7.11 Å². The molecule has 1 aliphatic rings. The zero-order chi connectivity index (χ0) is 16.4. The van der Waals surface area contributed by atoms with Gasteiger partial charge in [-0.05, 0) is 31.9 Å². The fourth-order valence-corrected chi connectivity index (χ4v) is 3.15. The highest BCUT2D eigenvalue weighted by Crippen LogP contribution is 2.33. The van der Waals surface area contributed by atoms with Crippen LogP contribution in [0.15, 0.2) is 53.5 Å². The second kappa shape index (κ2) is 5.99. The van der Waals surface area contributed by atoms with Crippen LogP contribution in [0.3, 0.4) is 0 Å². The largest absolute Gasteiger partial charge is 0.496 e. The van der Waals surface area contributed by atoms with Gasteiger partial charge in [-0.1, -0.05) is 42.5 Å². The third-order valence-electron chi connectivity index (χ3n) is 4.11. The minimum Gasteiger partial charge on any atom is -0.496 e. The van der Waals surface area contributed by atoms with E-state index in [9.17, 15) is 4.79 Å². The second-order valence-electron chi connectivity index (χ2n) is 6.51. The summed E-state index contributed by atoms with van der Waals surface area (Å²) in [5.74, 6) is 0.872. The van der Waals surface area contributed by atoms with Crippen LogP contribution in [0.2, 0.25) is 0 Å². The Morgan fingerprint density at radius 3 is 2.57 bits per heavy atom. The summed E-state index contributed by atoms with van der Waals surface area (Å²) in [5.41, 5.74) is 3.52. The molecule has 0 amide bonds. The maximum absolute atomic E-state index is 12.6. The second-order valence-corrected chi connectivity index (χ2v) is 6.51. The average Bonchev–Trinajstić information content (AvgIpc) is 2.53. The summed E-state index contributed by atoms with van der Waals surface area (Å²) in [4.78, 5) is 17.5. The van der Waals surface area contributed by atoms with E-state index >= 15 is 0 Å². The van der Waals surface area contributed by atoms with E-state index < -0.39 is 0 Å². The van der Waals surface area contributed by atoms with Crippen LogP contribution < -0.4 is 4.74 Å². The summed E-state index contributed by atoms with van der Waals surface area (Å²) in [7, 11) is 1.66. The van der Waals surface area contributed by atoms with Crippen molar-refractivity contribution in [3.05, 3.63) is 65.2 Å². The maximum atomic E-state index is 12.6. The van der Waals surface area contributed by atoms with Gasteiger partial charge in [0.25, 0.3) is 0 Å². The number of methoxy groups -OCH3 is 1. The molecule has 3 nitrogen and oxygen atoms in total. The smallest absolute Gasteiger partial charge is 0.168 e. The molecule has 0 aliphatic carbocycles. The van der Waals surface area contributed by atoms with Gasteiger partial charge in [0.05, 0.1) is 24.8 Å². The molecule has 1 aliphatic heterocycles. The molecular weight excluding hydrogens is 286 g/mol. The third-order valence-corrected chi connectivity index (χ3v) is 4.11. The van der Waals surface area contributed by atoms with Crippen LogP contribution in [0, 0.1) is 0 Å². The number of fused-ring (bicyclic) bond motifs is 1. The fraction of sp³-hybridized carbons (Fsp3) is 0.300. The van der Waals surface area contributed by atoms with Crippen molar-refractivity contribution in [1.29, 1.82) is 0 Å². The van der Waals surface area contributed by atoms with Gasteiger partial charge in [-0.3, -0.25) is 9.79 Å². The number of nitrogens with zero attached hydrogens (tertiary/aromatic N) is 1. The lowest BCUT2D eigenvalue weighted by molar-refractivity contribution is 0.100. The van der Waals surface area contributed by atoms with Crippen molar-refractivity contribution in [3.8, 4) is 5.75 Å². The van der Waals surface area contributed by atoms with E-state index in [2.05, 4.69) is 19.9 Å². The van der Waals surface area contributed by atoms with E-state index in [4.69, 9.17) is 9.73 Å². The Balaban J connectivity index is 2.01. The number of carbonyl (C=O) groups is 1. The first-order chi connectivity index (χ1) is 11.0. The SMILES string of the molecule is COc1cccc2c1C(CC(=O)c1ccccc1)=NC(C)(C)C2. The molecule has 3 heteroatoms. The Morgan fingerprint density at radius 2 is 1.87 bits per heavy atom. The highest BCUT2D eigenvalue weighted by Gasteiger charge is 2.29. The van der Waals surface area contributed by atoms with Gasteiger partial charge >= 0.3 is 0 Å². The number of ether oxygens (including phenoxy) is 1. The predicted molar refractivity (Wildman–Crippen MR) is 92.7 cm³/mol. The van der Waals surface area contributed by atoms with Gasteiger partial charge in [0, 0.05) is 11.1 Å². The van der Waals surface area contributed by atoms with Crippen LogP contribution in [-0.4, -0.2) is 24.1 Å². The van der Waals surface area contributed by atoms with Crippen LogP contribution in [0.1, 0.15) is 41.8 Å². The molecule has 0 radical (unpaired) electrons. The van der Waals surface area contributed by atoms with Gasteiger partial charge in [0.2, 0.25) is 0 Å². The zero-order valence-corrected chi connectivity index (χ0v) is 13.8. The molecule has 2 aromatic rings. The van der Waals surface area contributed by atoms with Crippen LogP contribution in [0.5, 0.6) is 5.75 Å². The standard InChI is InChI=1S/C20H21NO2/c1-20(2)13-15-10-7-11-18(23-3)19(15)16(21-20)12-17(22)14-8-5-4-6-9-14/h4-11H,12-13H2,1-3H3. The lowest BCUT2D eigenvalue weighted by Crippen LogP contribution is -2.30. The molecule has 0 unspecified atom stereocenters. The van der Waals surface area contributed by atoms with Crippen molar-refractivity contribution in [1.82, 2.24) is 0 Å². The van der Waals surface area contributed by atoms with Crippen molar-refractivity contribution < 1.29 is 9.53 Å². The first kappa shape index (κ1) is 15.5. The topological polar surface area (TPSA) is 38.7 Å². The Bertz CT molecular complexity index is 760. The summed E-state index contributed by atoms with van der Waals surface area (Å²) < 4.78 is 5.51. The maximum Gasteiger partial charge on any atom is 0.168 e. The van der Waals surface area contributed by atoms with Gasteiger partial charge < -0.3 is 4.74 Å². The third kappa shape index (κ3) is 3.19. The summed E-state index contributed by atoms with van der Waals surface area (Å²) >= 11 is 0. The highest BCUT2D eigenvalue weighted by atomic mass is 16.5. The van der Waals surface area contributed by atoms with E-state index in [1.54, 1.807) is 7.11 Å². The van der Waals surface area contributed by atoms with E-state index in [-0.39, 0.29) is 11.3 Å². The van der Waals surface area contributed by atoms with Crippen molar-refractivity contribution in [2.45, 2.75) is 32.2 Å². The van der Waals surface area contributed by atoms with E-state index in [1.807, 2.05) is 42.5 Å². The Kier molecular flexibility index (Phi) is 4.03. The average molecular weight is 307 g/mol. The number of carbonyl (C=O) groups excluding carboxylic acids is 1. The van der Waals surface area contributed by atoms with E-state index in [0.29, 0.717) is 6.42 Å². The predicted octanol–water partition coefficient (Wildman–Crippen LogP) is 4.09. The van der Waals surface area contributed by atoms with Crippen LogP contribution in [0.4, 0.5) is 0 Å². The minimum atomic E-state index is -0.203. The van der Waals surface area contributed by atoms with E-state index in [0.717, 1.165) is 29.0 Å². The molecule has 0 aromatic heterocycles. The number of Topliss-reactive ketones (excluding diaryl/α,β-unsaturated/α-hetero) is 1. The normalized spacial score (nSPS) is 15.5. The highest BCUT2D eigenvalue weighted by molar-refractivity contribution is 6.17. The number of aliphatic imine (C=N–C) groups is 1. The van der Waals surface area contributed by atoms with E-state index in [1.165, 1.54) is 5.56 Å². The number of hydrogen-bond donors (Lipinski definition) is 0. The summed E-state index contributed by atoms with van der Waals surface area (Å²) in [6, 6.07) is 15.4. The molecule has 0 fully saturated rings. The molecular formula is C20H21NO2. The molecule has 2 aromatic carbocycles. The Hall–Kier alpha value is -2.42. The van der Waals surface area contributed by atoms with Crippen molar-refractivity contribution in [2.24, 2.45) is 4.99 Å². The van der Waals surface area contributed by atoms with Crippen LogP contribution >= 0.6 is 0 Å². The van der Waals surface area contributed by atoms with Crippen molar-refractivity contribution >= 4 is 11.5 Å². The molecule has 118 valence electrons. The molecule has 23 heavy (non-hydrogen) atoms. The Morgan fingerprint density at radius 1 is 1.13 bits per heavy atom. The summed E-state index contributed by atoms with van der Waals surface area (Å²) in [6.45, 7) is 4.20. The Labute approximate surface area is 137 Å². The fourth-order valence-electron chi connectivity index (χ4n) is 3.15. The molecule has 0 saturated heterocycles. The quantitative estimate of drug-likeness (QED) is 0.798. The molecule has 3 rings (SSSR count). The van der Waals surface area contributed by atoms with Gasteiger partial charge in [-0.25, -0.2) is 0 Å². The number of ketones is 1. The van der Waals surface area contributed by atoms with Gasteiger partial charge in [0.15, 0.2) is 5.78 Å². The minimum absolute atomic E-state index is 0.0823. The lowest BCUT2D eigenvalue weighted by Gasteiger charge is -2.30. The molecule has 0 atom stereocenters. The first-order valence-electron chi connectivity index (χ1n) is 7.83. The van der Waals surface area contributed by atoms with Gasteiger partial charge in [-0.15, -0.1) is 0 Å². The molecule has 0 spiro atoms. The van der Waals surface area contributed by atoms with Crippen molar-refractivity contribution in [3.63, 3.8) is 0 Å². The molecule has 0 saturated carbocycles. The number of rotatable bonds is 4. The number of hydrogen-bond acceptors (Lipinski definition) is 3. The van der Waals surface area contributed by atoms with Crippen LogP contribution in [0.25, 0.3) is 0 Å². The first-order valence-corrected chi connectivity index (χ1v) is 7.83. The molecule has 0 N–H and O–H groups in total. The van der Waals surface area contributed by atoms with Gasteiger partial charge in [0.1, 0.15) is 5.75 Å². The number of benzene rings is 2. The molecule has 1 heterocycles. The monoisotopic (exact) mass is 307 g/mol. The summed E-state index contributed by atoms with van der Waals surface area (Å²) in [5, 5.41) is 0. The van der Waals surface area contributed by atoms with Crippen LogP contribution in [-0.2, 0) is 6.42 Å². The lowest BCUT2D eigenvalue weighted by atomic mass is 9.84. The molecule has 0 bridgehead atoms. The summed E-state index contributed by atoms with van der Waals surface area (Å²) in [6.07, 6.45) is 1.14. The zero-order valence-electron chi connectivity index (χ0n) is 13.8. The van der Waals surface area contributed by atoms with Gasteiger partial charge in [-0.2, -0.15) is 0 Å².